The second-order valence-corrected chi connectivity index (χ2v) is 5.05. The van der Waals surface area contributed by atoms with E-state index < -0.39 is 17.8 Å². The number of carbonyl (C=O) groups is 1. The summed E-state index contributed by atoms with van der Waals surface area (Å²) in [4.78, 5) is 13.6. The third-order valence-corrected chi connectivity index (χ3v) is 3.47. The molecule has 2 amide bonds. The van der Waals surface area contributed by atoms with Crippen LogP contribution in [-0.4, -0.2) is 35.2 Å². The van der Waals surface area contributed by atoms with E-state index in [1.54, 1.807) is 0 Å². The zero-order chi connectivity index (χ0) is 15.6. The van der Waals surface area contributed by atoms with Crippen LogP contribution in [0.15, 0.2) is 18.2 Å². The quantitative estimate of drug-likeness (QED) is 0.898. The summed E-state index contributed by atoms with van der Waals surface area (Å²) in [6.07, 6.45) is -2.74. The number of hydrogen-bond acceptors (Lipinski definition) is 2. The molecular weight excluding hydrogens is 285 g/mol. The van der Waals surface area contributed by atoms with E-state index in [4.69, 9.17) is 5.11 Å². The number of aliphatic hydroxyl groups excluding tert-OH is 1. The van der Waals surface area contributed by atoms with E-state index in [1.807, 2.05) is 0 Å². The van der Waals surface area contributed by atoms with Crippen molar-refractivity contribution in [3.63, 3.8) is 0 Å². The summed E-state index contributed by atoms with van der Waals surface area (Å²) in [6.45, 7) is 1.33. The van der Waals surface area contributed by atoms with Gasteiger partial charge in [0.15, 0.2) is 0 Å². The molecule has 0 spiro atoms. The first kappa shape index (κ1) is 15.6. The molecule has 1 aromatic rings. The first-order chi connectivity index (χ1) is 9.84. The second kappa shape index (κ2) is 5.93. The molecule has 0 bridgehead atoms. The van der Waals surface area contributed by atoms with Crippen molar-refractivity contribution < 1.29 is 23.1 Å². The lowest BCUT2D eigenvalue weighted by Gasteiger charge is -2.23. The number of nitrogens with one attached hydrogen (secondary N) is 1. The van der Waals surface area contributed by atoms with E-state index in [9.17, 15) is 18.0 Å². The Morgan fingerprint density at radius 3 is 2.62 bits per heavy atom. The van der Waals surface area contributed by atoms with Crippen molar-refractivity contribution in [3.05, 3.63) is 29.3 Å². The predicted molar refractivity (Wildman–Crippen MR) is 72.0 cm³/mol. The summed E-state index contributed by atoms with van der Waals surface area (Å²) in [5.41, 5.74) is -0.642. The van der Waals surface area contributed by atoms with Crippen LogP contribution in [0.5, 0.6) is 0 Å². The molecule has 1 aliphatic carbocycles. The topological polar surface area (TPSA) is 52.6 Å². The van der Waals surface area contributed by atoms with Crippen LogP contribution in [0.2, 0.25) is 0 Å². The lowest BCUT2D eigenvalue weighted by molar-refractivity contribution is -0.138. The molecule has 1 saturated carbocycles. The molecule has 1 fully saturated rings. The minimum absolute atomic E-state index is 0.0157. The minimum atomic E-state index is -4.45. The molecule has 1 aliphatic rings. The van der Waals surface area contributed by atoms with Gasteiger partial charge in [0.05, 0.1) is 12.2 Å². The molecule has 0 aromatic heterocycles. The number of benzene rings is 1. The van der Waals surface area contributed by atoms with Gasteiger partial charge in [-0.05, 0) is 37.5 Å². The Hall–Kier alpha value is -1.76. The molecule has 2 N–H and O–H groups in total. The summed E-state index contributed by atoms with van der Waals surface area (Å²) in [6, 6.07) is 3.28. The Bertz CT molecular complexity index is 527. The average molecular weight is 302 g/mol. The highest BCUT2D eigenvalue weighted by Crippen LogP contribution is 2.35. The number of rotatable bonds is 4. The molecular formula is C14H17F3N2O2. The fourth-order valence-corrected chi connectivity index (χ4v) is 2.21. The molecule has 21 heavy (non-hydrogen) atoms. The van der Waals surface area contributed by atoms with Gasteiger partial charge in [-0.15, -0.1) is 0 Å². The smallest absolute Gasteiger partial charge is 0.395 e. The van der Waals surface area contributed by atoms with E-state index in [1.165, 1.54) is 24.0 Å². The van der Waals surface area contributed by atoms with E-state index >= 15 is 0 Å². The molecule has 0 atom stereocenters. The average Bonchev–Trinajstić information content (AvgIpc) is 3.21. The summed E-state index contributed by atoms with van der Waals surface area (Å²) >= 11 is 0. The molecule has 2 rings (SSSR count). The molecule has 1 aromatic carbocycles. The summed E-state index contributed by atoms with van der Waals surface area (Å²) < 4.78 is 38.5. The molecule has 0 unspecified atom stereocenters. The number of alkyl halides is 3. The first-order valence-corrected chi connectivity index (χ1v) is 6.70. The monoisotopic (exact) mass is 302 g/mol. The van der Waals surface area contributed by atoms with Gasteiger partial charge in [0.25, 0.3) is 0 Å². The van der Waals surface area contributed by atoms with Gasteiger partial charge < -0.3 is 15.3 Å². The van der Waals surface area contributed by atoms with Gasteiger partial charge in [-0.25, -0.2) is 4.79 Å². The number of amides is 2. The van der Waals surface area contributed by atoms with Crippen LogP contribution >= 0.6 is 0 Å². The number of nitrogens with zero attached hydrogens (tertiary/aromatic N) is 1. The maximum atomic E-state index is 12.8. The van der Waals surface area contributed by atoms with E-state index in [0.29, 0.717) is 0 Å². The highest BCUT2D eigenvalue weighted by molar-refractivity contribution is 5.90. The zero-order valence-electron chi connectivity index (χ0n) is 11.6. The number of halogens is 3. The molecule has 116 valence electrons. The largest absolute Gasteiger partial charge is 0.416 e. The minimum Gasteiger partial charge on any atom is -0.395 e. The van der Waals surface area contributed by atoms with E-state index in [2.05, 4.69) is 5.32 Å². The normalized spacial score (nSPS) is 14.9. The highest BCUT2D eigenvalue weighted by Gasteiger charge is 2.34. The lowest BCUT2D eigenvalue weighted by Crippen LogP contribution is -2.38. The Morgan fingerprint density at radius 2 is 2.10 bits per heavy atom. The molecule has 0 heterocycles. The lowest BCUT2D eigenvalue weighted by atomic mass is 10.1. The van der Waals surface area contributed by atoms with Crippen molar-refractivity contribution in [1.82, 2.24) is 4.90 Å². The highest BCUT2D eigenvalue weighted by atomic mass is 19.4. The molecule has 0 saturated heterocycles. The Labute approximate surface area is 120 Å². The van der Waals surface area contributed by atoms with Crippen molar-refractivity contribution in [3.8, 4) is 0 Å². The SMILES string of the molecule is Cc1c(NC(=O)N(CCO)C2CC2)cccc1C(F)(F)F. The van der Waals surface area contributed by atoms with Gasteiger partial charge >= 0.3 is 12.2 Å². The van der Waals surface area contributed by atoms with Gasteiger partial charge in [0.1, 0.15) is 0 Å². The third kappa shape index (κ3) is 3.66. The molecule has 0 radical (unpaired) electrons. The first-order valence-electron chi connectivity index (χ1n) is 6.70. The fraction of sp³-hybridized carbons (Fsp3) is 0.500. The Kier molecular flexibility index (Phi) is 4.41. The van der Waals surface area contributed by atoms with Gasteiger partial charge in [-0.3, -0.25) is 0 Å². The van der Waals surface area contributed by atoms with Crippen molar-refractivity contribution in [2.24, 2.45) is 0 Å². The van der Waals surface area contributed by atoms with Crippen molar-refractivity contribution >= 4 is 11.7 Å². The molecule has 0 aliphatic heterocycles. The molecule has 7 heteroatoms. The maximum Gasteiger partial charge on any atom is 0.416 e. The van der Waals surface area contributed by atoms with Crippen molar-refractivity contribution in [2.75, 3.05) is 18.5 Å². The van der Waals surface area contributed by atoms with Gasteiger partial charge in [0, 0.05) is 18.3 Å². The number of carbonyl (C=O) groups excluding carboxylic acids is 1. The second-order valence-electron chi connectivity index (χ2n) is 5.05. The number of aliphatic hydroxyl groups is 1. The summed E-state index contributed by atoms with van der Waals surface area (Å²) in [7, 11) is 0. The summed E-state index contributed by atoms with van der Waals surface area (Å²) in [5, 5.41) is 11.5. The van der Waals surface area contributed by atoms with Crippen molar-refractivity contribution in [2.45, 2.75) is 32.0 Å². The Morgan fingerprint density at radius 1 is 1.43 bits per heavy atom. The number of urea groups is 1. The van der Waals surface area contributed by atoms with Gasteiger partial charge in [-0.1, -0.05) is 6.07 Å². The summed E-state index contributed by atoms with van der Waals surface area (Å²) in [5.74, 6) is 0. The maximum absolute atomic E-state index is 12.8. The van der Waals surface area contributed by atoms with Crippen LogP contribution in [0.25, 0.3) is 0 Å². The van der Waals surface area contributed by atoms with E-state index in [-0.39, 0.29) is 30.4 Å². The van der Waals surface area contributed by atoms with Crippen LogP contribution in [0.1, 0.15) is 24.0 Å². The van der Waals surface area contributed by atoms with Crippen LogP contribution in [0.3, 0.4) is 0 Å². The van der Waals surface area contributed by atoms with Crippen LogP contribution in [-0.2, 0) is 6.18 Å². The van der Waals surface area contributed by atoms with Crippen LogP contribution < -0.4 is 5.32 Å². The van der Waals surface area contributed by atoms with Gasteiger partial charge in [-0.2, -0.15) is 13.2 Å². The Balaban J connectivity index is 2.17. The zero-order valence-corrected chi connectivity index (χ0v) is 11.6. The third-order valence-electron chi connectivity index (χ3n) is 3.47. The van der Waals surface area contributed by atoms with E-state index in [0.717, 1.165) is 18.9 Å². The number of anilines is 1. The van der Waals surface area contributed by atoms with Crippen LogP contribution in [0.4, 0.5) is 23.7 Å². The van der Waals surface area contributed by atoms with Crippen LogP contribution in [0, 0.1) is 6.92 Å². The predicted octanol–water partition coefficient (Wildman–Crippen LogP) is 3.00. The number of hydrogen-bond donors (Lipinski definition) is 2. The standard InChI is InChI=1S/C14H17F3N2O2/c1-9-11(14(15,16)17)3-2-4-12(9)18-13(21)19(7-8-20)10-5-6-10/h2-4,10,20H,5-8H2,1H3,(H,18,21). The molecule has 4 nitrogen and oxygen atoms in total. The van der Waals surface area contributed by atoms with Gasteiger partial charge in [0.2, 0.25) is 0 Å². The van der Waals surface area contributed by atoms with Crippen molar-refractivity contribution in [1.29, 1.82) is 0 Å². The fourth-order valence-electron chi connectivity index (χ4n) is 2.21.